The Hall–Kier alpha value is -0.200. The van der Waals surface area contributed by atoms with Crippen LogP contribution in [-0.4, -0.2) is 19.0 Å². The first-order chi connectivity index (χ1) is 8.67. The second-order valence-corrected chi connectivity index (χ2v) is 7.47. The van der Waals surface area contributed by atoms with E-state index in [1.54, 1.807) is 11.3 Å². The van der Waals surface area contributed by atoms with Gasteiger partial charge in [-0.1, -0.05) is 0 Å². The van der Waals surface area contributed by atoms with E-state index in [1.807, 2.05) is 18.4 Å². The van der Waals surface area contributed by atoms with Crippen LogP contribution in [0.4, 0.5) is 0 Å². The molecule has 0 saturated carbocycles. The first-order valence-electron chi connectivity index (χ1n) is 5.81. The van der Waals surface area contributed by atoms with Crippen LogP contribution in [0.25, 0.3) is 0 Å². The second kappa shape index (κ2) is 6.82. The first kappa shape index (κ1) is 14.2. The Bertz CT molecular complexity index is 493. The smallest absolute Gasteiger partial charge is 0.0329 e. The molecule has 0 spiro atoms. The number of halogens is 1. The van der Waals surface area contributed by atoms with Crippen LogP contribution in [0.15, 0.2) is 28.1 Å². The summed E-state index contributed by atoms with van der Waals surface area (Å²) in [7, 11) is 4.16. The Balaban J connectivity index is 1.88. The Morgan fingerprint density at radius 3 is 2.61 bits per heavy atom. The van der Waals surface area contributed by atoms with Crippen molar-refractivity contribution in [1.82, 2.24) is 10.2 Å². The maximum Gasteiger partial charge on any atom is 0.0329 e. The van der Waals surface area contributed by atoms with Crippen molar-refractivity contribution in [3.8, 4) is 0 Å². The van der Waals surface area contributed by atoms with Gasteiger partial charge in [-0.05, 0) is 48.2 Å². The number of nitrogens with one attached hydrogen (secondary N) is 1. The molecule has 98 valence electrons. The SMILES string of the molecule is CNCc1ccc(CN(C)Cc2cc(Br)cs2)s1. The quantitative estimate of drug-likeness (QED) is 0.854. The summed E-state index contributed by atoms with van der Waals surface area (Å²) in [5, 5.41) is 5.32. The van der Waals surface area contributed by atoms with Crippen LogP contribution in [0.5, 0.6) is 0 Å². The van der Waals surface area contributed by atoms with Gasteiger partial charge in [-0.25, -0.2) is 0 Å². The van der Waals surface area contributed by atoms with Gasteiger partial charge >= 0.3 is 0 Å². The molecular weight excluding hydrogens is 328 g/mol. The van der Waals surface area contributed by atoms with Crippen molar-refractivity contribution in [2.75, 3.05) is 14.1 Å². The van der Waals surface area contributed by atoms with Gasteiger partial charge in [-0.2, -0.15) is 0 Å². The van der Waals surface area contributed by atoms with Crippen molar-refractivity contribution in [3.05, 3.63) is 42.7 Å². The third-order valence-electron chi connectivity index (χ3n) is 2.54. The van der Waals surface area contributed by atoms with Crippen molar-refractivity contribution in [2.45, 2.75) is 19.6 Å². The number of rotatable bonds is 6. The van der Waals surface area contributed by atoms with E-state index >= 15 is 0 Å². The summed E-state index contributed by atoms with van der Waals surface area (Å²) < 4.78 is 1.18. The van der Waals surface area contributed by atoms with Crippen molar-refractivity contribution < 1.29 is 0 Å². The molecule has 2 aromatic heterocycles. The Labute approximate surface area is 125 Å². The molecule has 0 aliphatic heterocycles. The molecule has 2 aromatic rings. The highest BCUT2D eigenvalue weighted by atomic mass is 79.9. The van der Waals surface area contributed by atoms with Crippen LogP contribution in [0.2, 0.25) is 0 Å². The molecule has 5 heteroatoms. The van der Waals surface area contributed by atoms with Crippen LogP contribution in [0.1, 0.15) is 14.6 Å². The lowest BCUT2D eigenvalue weighted by atomic mass is 10.4. The lowest BCUT2D eigenvalue weighted by Gasteiger charge is -2.14. The summed E-state index contributed by atoms with van der Waals surface area (Å²) in [5.41, 5.74) is 0. The minimum atomic E-state index is 0.965. The molecule has 0 amide bonds. The minimum Gasteiger partial charge on any atom is -0.315 e. The zero-order valence-electron chi connectivity index (χ0n) is 10.6. The van der Waals surface area contributed by atoms with E-state index in [1.165, 1.54) is 19.1 Å². The average Bonchev–Trinajstić information content (AvgIpc) is 2.89. The predicted molar refractivity (Wildman–Crippen MR) is 84.3 cm³/mol. The molecule has 2 heterocycles. The fourth-order valence-corrected chi connectivity index (χ4v) is 4.44. The van der Waals surface area contributed by atoms with E-state index in [0.29, 0.717) is 0 Å². The first-order valence-corrected chi connectivity index (χ1v) is 8.30. The summed E-state index contributed by atoms with van der Waals surface area (Å²) in [6, 6.07) is 6.65. The zero-order valence-corrected chi connectivity index (χ0v) is 13.8. The molecule has 0 aliphatic rings. The minimum absolute atomic E-state index is 0.965. The van der Waals surface area contributed by atoms with Gasteiger partial charge < -0.3 is 5.32 Å². The number of thiophene rings is 2. The third kappa shape index (κ3) is 4.17. The number of hydrogen-bond acceptors (Lipinski definition) is 4. The maximum atomic E-state index is 3.50. The van der Waals surface area contributed by atoms with Gasteiger partial charge in [0.15, 0.2) is 0 Å². The van der Waals surface area contributed by atoms with Crippen LogP contribution in [0.3, 0.4) is 0 Å². The summed E-state index contributed by atoms with van der Waals surface area (Å²) in [6.45, 7) is 2.99. The Kier molecular flexibility index (Phi) is 5.38. The number of hydrogen-bond donors (Lipinski definition) is 1. The van der Waals surface area contributed by atoms with Gasteiger partial charge in [0.1, 0.15) is 0 Å². The normalized spacial score (nSPS) is 11.3. The highest BCUT2D eigenvalue weighted by Gasteiger charge is 2.06. The molecule has 0 atom stereocenters. The largest absolute Gasteiger partial charge is 0.315 e. The molecular formula is C13H17BrN2S2. The van der Waals surface area contributed by atoms with E-state index < -0.39 is 0 Å². The van der Waals surface area contributed by atoms with Crippen LogP contribution < -0.4 is 5.32 Å². The van der Waals surface area contributed by atoms with E-state index in [0.717, 1.165) is 19.6 Å². The molecule has 0 aliphatic carbocycles. The predicted octanol–water partition coefficient (Wildman–Crippen LogP) is 3.92. The van der Waals surface area contributed by atoms with Crippen molar-refractivity contribution in [2.24, 2.45) is 0 Å². The van der Waals surface area contributed by atoms with Gasteiger partial charge in [0.25, 0.3) is 0 Å². The second-order valence-electron chi connectivity index (χ2n) is 4.30. The molecule has 0 radical (unpaired) electrons. The van der Waals surface area contributed by atoms with Gasteiger partial charge in [0.05, 0.1) is 0 Å². The number of nitrogens with zero attached hydrogens (tertiary/aromatic N) is 1. The fraction of sp³-hybridized carbons (Fsp3) is 0.385. The molecule has 2 rings (SSSR count). The molecule has 0 unspecified atom stereocenters. The van der Waals surface area contributed by atoms with Crippen molar-refractivity contribution in [3.63, 3.8) is 0 Å². The topological polar surface area (TPSA) is 15.3 Å². The molecule has 0 bridgehead atoms. The molecule has 1 N–H and O–H groups in total. The lowest BCUT2D eigenvalue weighted by Crippen LogP contribution is -2.15. The van der Waals surface area contributed by atoms with Gasteiger partial charge in [0.2, 0.25) is 0 Å². The molecule has 0 fully saturated rings. The third-order valence-corrected chi connectivity index (χ3v) is 5.29. The van der Waals surface area contributed by atoms with Gasteiger partial charge in [-0.3, -0.25) is 4.90 Å². The van der Waals surface area contributed by atoms with E-state index in [9.17, 15) is 0 Å². The highest BCUT2D eigenvalue weighted by molar-refractivity contribution is 9.10. The summed E-state index contributed by atoms with van der Waals surface area (Å²) in [6.07, 6.45) is 0. The van der Waals surface area contributed by atoms with Crippen molar-refractivity contribution in [1.29, 1.82) is 0 Å². The van der Waals surface area contributed by atoms with E-state index in [4.69, 9.17) is 0 Å². The van der Waals surface area contributed by atoms with E-state index in [2.05, 4.69) is 56.8 Å². The highest BCUT2D eigenvalue weighted by Crippen LogP contribution is 2.22. The fourth-order valence-electron chi connectivity index (χ4n) is 1.80. The molecule has 2 nitrogen and oxygen atoms in total. The summed E-state index contributed by atoms with van der Waals surface area (Å²) in [5.74, 6) is 0. The standard InChI is InChI=1S/C13H17BrN2S2/c1-15-6-11-3-4-12(18-11)7-16(2)8-13-5-10(14)9-17-13/h3-5,9,15H,6-8H2,1-2H3. The van der Waals surface area contributed by atoms with Crippen molar-refractivity contribution >= 4 is 38.6 Å². The van der Waals surface area contributed by atoms with Gasteiger partial charge in [0, 0.05) is 44.1 Å². The van der Waals surface area contributed by atoms with E-state index in [-0.39, 0.29) is 0 Å². The summed E-state index contributed by atoms with van der Waals surface area (Å²) >= 11 is 7.19. The van der Waals surface area contributed by atoms with Gasteiger partial charge in [-0.15, -0.1) is 22.7 Å². The monoisotopic (exact) mass is 344 g/mol. The summed E-state index contributed by atoms with van der Waals surface area (Å²) in [4.78, 5) is 6.59. The molecule has 18 heavy (non-hydrogen) atoms. The average molecular weight is 345 g/mol. The molecule has 0 saturated heterocycles. The van der Waals surface area contributed by atoms with Crippen LogP contribution >= 0.6 is 38.6 Å². The Morgan fingerprint density at radius 2 is 1.94 bits per heavy atom. The molecule has 0 aromatic carbocycles. The Morgan fingerprint density at radius 1 is 1.22 bits per heavy atom. The zero-order chi connectivity index (χ0) is 13.0. The lowest BCUT2D eigenvalue weighted by molar-refractivity contribution is 0.325. The maximum absolute atomic E-state index is 3.50. The van der Waals surface area contributed by atoms with Crippen LogP contribution in [0, 0.1) is 0 Å². The van der Waals surface area contributed by atoms with Crippen LogP contribution in [-0.2, 0) is 19.6 Å².